The minimum Gasteiger partial charge on any atom is -0.332 e. The quantitative estimate of drug-likeness (QED) is 0.313. The van der Waals surface area contributed by atoms with Crippen LogP contribution in [0.15, 0.2) is 71.1 Å². The second kappa shape index (κ2) is 8.80. The number of hydrogen-bond donors (Lipinski definition) is 2. The normalized spacial score (nSPS) is 11.3. The highest BCUT2D eigenvalue weighted by atomic mass is 35.5. The Balaban J connectivity index is 1.44. The van der Waals surface area contributed by atoms with Gasteiger partial charge < -0.3 is 5.32 Å². The molecule has 0 aliphatic rings. The van der Waals surface area contributed by atoms with Crippen molar-refractivity contribution in [3.63, 3.8) is 0 Å². The summed E-state index contributed by atoms with van der Waals surface area (Å²) in [4.78, 5) is 17.5. The molecule has 0 aliphatic heterocycles. The number of rotatable bonds is 7. The maximum atomic E-state index is 12.7. The van der Waals surface area contributed by atoms with Crippen LogP contribution >= 0.6 is 34.3 Å². The summed E-state index contributed by atoms with van der Waals surface area (Å²) in [5.41, 5.74) is 2.70. The summed E-state index contributed by atoms with van der Waals surface area (Å²) in [5, 5.41) is 3.70. The highest BCUT2D eigenvalue weighted by Crippen LogP contribution is 2.29. The summed E-state index contributed by atoms with van der Waals surface area (Å²) >= 11 is 8.07. The maximum Gasteiger partial charge on any atom is 0.271 e. The van der Waals surface area contributed by atoms with Crippen molar-refractivity contribution in [2.45, 2.75) is 11.1 Å². The lowest BCUT2D eigenvalue weighted by Gasteiger charge is -2.08. The van der Waals surface area contributed by atoms with Gasteiger partial charge in [-0.05, 0) is 48.9 Å². The first-order valence-electron chi connectivity index (χ1n) is 9.03. The Morgan fingerprint density at radius 2 is 1.68 bits per heavy atom. The summed E-state index contributed by atoms with van der Waals surface area (Å²) in [5.74, 6) is -0.0675. The number of sulfonamides is 1. The van der Waals surface area contributed by atoms with Crippen molar-refractivity contribution in [3.05, 3.63) is 87.2 Å². The smallest absolute Gasteiger partial charge is 0.271 e. The van der Waals surface area contributed by atoms with Crippen LogP contribution in [0.5, 0.6) is 0 Å². The van der Waals surface area contributed by atoms with Gasteiger partial charge in [0, 0.05) is 16.9 Å². The fraction of sp³-hybridized carbons (Fsp3) is 0.0476. The van der Waals surface area contributed by atoms with Gasteiger partial charge >= 0.3 is 0 Å². The predicted molar refractivity (Wildman–Crippen MR) is 127 cm³/mol. The zero-order valence-electron chi connectivity index (χ0n) is 16.1. The second-order valence-corrected chi connectivity index (χ2v) is 11.2. The minimum absolute atomic E-state index is 0.0675. The molecule has 0 fully saturated rings. The predicted octanol–water partition coefficient (Wildman–Crippen LogP) is 5.94. The van der Waals surface area contributed by atoms with Gasteiger partial charge in [0.1, 0.15) is 4.21 Å². The van der Waals surface area contributed by atoms with Crippen molar-refractivity contribution in [1.29, 1.82) is 0 Å². The Morgan fingerprint density at radius 3 is 2.35 bits per heavy atom. The van der Waals surface area contributed by atoms with Crippen LogP contribution in [0.3, 0.4) is 0 Å². The minimum atomic E-state index is -3.68. The Kier molecular flexibility index (Phi) is 6.10. The number of carbonyl (C=O) groups is 1. The molecule has 0 unspecified atom stereocenters. The van der Waals surface area contributed by atoms with Crippen LogP contribution < -0.4 is 10.0 Å². The molecule has 31 heavy (non-hydrogen) atoms. The number of anilines is 3. The van der Waals surface area contributed by atoms with E-state index in [-0.39, 0.29) is 9.99 Å². The summed E-state index contributed by atoms with van der Waals surface area (Å²) in [7, 11) is -3.68. The molecule has 0 radical (unpaired) electrons. The third-order valence-corrected chi connectivity index (χ3v) is 8.34. The second-order valence-electron chi connectivity index (χ2n) is 6.54. The zero-order chi connectivity index (χ0) is 22.0. The molecule has 4 aromatic rings. The van der Waals surface area contributed by atoms with Gasteiger partial charge in [0.25, 0.3) is 10.0 Å². The van der Waals surface area contributed by atoms with E-state index in [0.29, 0.717) is 31.3 Å². The topological polar surface area (TPSA) is 88.2 Å². The number of aryl methyl sites for hydroxylation is 1. The van der Waals surface area contributed by atoms with E-state index < -0.39 is 10.0 Å². The van der Waals surface area contributed by atoms with Gasteiger partial charge in [-0.25, -0.2) is 13.4 Å². The molecule has 0 aliphatic carbocycles. The average Bonchev–Trinajstić information content (AvgIpc) is 3.39. The number of aromatic nitrogens is 1. The molecule has 0 saturated carbocycles. The Hall–Kier alpha value is -2.72. The van der Waals surface area contributed by atoms with Crippen LogP contribution in [0, 0.1) is 6.92 Å². The third-order valence-electron chi connectivity index (χ3n) is 4.32. The number of thiophene rings is 1. The van der Waals surface area contributed by atoms with Gasteiger partial charge in [-0.3, -0.25) is 9.52 Å². The van der Waals surface area contributed by atoms with Crippen molar-refractivity contribution in [2.75, 3.05) is 10.0 Å². The largest absolute Gasteiger partial charge is 0.332 e. The molecular formula is C21H16ClN3O3S3. The van der Waals surface area contributed by atoms with Gasteiger partial charge in [0.2, 0.25) is 5.78 Å². The lowest BCUT2D eigenvalue weighted by molar-refractivity contribution is 0.104. The van der Waals surface area contributed by atoms with Gasteiger partial charge in [0.15, 0.2) is 5.13 Å². The van der Waals surface area contributed by atoms with E-state index in [4.69, 9.17) is 11.6 Å². The number of halogens is 1. The van der Waals surface area contributed by atoms with E-state index in [0.717, 1.165) is 16.9 Å². The number of benzene rings is 2. The molecule has 158 valence electrons. The molecule has 0 bridgehead atoms. The number of carbonyl (C=O) groups excluding carboxylic acids is 1. The molecule has 6 nitrogen and oxygen atoms in total. The lowest BCUT2D eigenvalue weighted by Crippen LogP contribution is -2.11. The van der Waals surface area contributed by atoms with Gasteiger partial charge in [0.05, 0.1) is 15.4 Å². The van der Waals surface area contributed by atoms with Crippen LogP contribution in [0.4, 0.5) is 16.5 Å². The van der Waals surface area contributed by atoms with Crippen molar-refractivity contribution in [3.8, 4) is 0 Å². The number of nitrogens with zero attached hydrogens (tertiary/aromatic N) is 1. The summed E-state index contributed by atoms with van der Waals surface area (Å²) in [6, 6.07) is 17.2. The SMILES string of the molecule is Cc1ccccc1C(=O)c1cnc(Nc2ccc(NS(=O)(=O)c3ccc(Cl)s3)cc2)s1. The number of hydrogen-bond acceptors (Lipinski definition) is 7. The molecule has 0 saturated heterocycles. The van der Waals surface area contributed by atoms with E-state index in [9.17, 15) is 13.2 Å². The first kappa shape index (κ1) is 21.5. The fourth-order valence-corrected chi connectivity index (χ4v) is 6.12. The number of thiazole rings is 1. The van der Waals surface area contributed by atoms with E-state index in [1.165, 1.54) is 17.4 Å². The molecule has 0 amide bonds. The highest BCUT2D eigenvalue weighted by Gasteiger charge is 2.17. The Morgan fingerprint density at radius 1 is 0.968 bits per heavy atom. The van der Waals surface area contributed by atoms with Crippen LogP contribution in [-0.2, 0) is 10.0 Å². The van der Waals surface area contributed by atoms with Crippen LogP contribution in [-0.4, -0.2) is 19.2 Å². The van der Waals surface area contributed by atoms with E-state index in [1.807, 2.05) is 25.1 Å². The van der Waals surface area contributed by atoms with Crippen LogP contribution in [0.25, 0.3) is 0 Å². The number of nitrogens with one attached hydrogen (secondary N) is 2. The first-order valence-corrected chi connectivity index (χ1v) is 12.5. The van der Waals surface area contributed by atoms with Gasteiger partial charge in [-0.15, -0.1) is 11.3 Å². The summed E-state index contributed by atoms with van der Waals surface area (Å²) in [6.07, 6.45) is 1.55. The maximum absolute atomic E-state index is 12.7. The van der Waals surface area contributed by atoms with Crippen molar-refractivity contribution >= 4 is 66.6 Å². The van der Waals surface area contributed by atoms with Crippen molar-refractivity contribution < 1.29 is 13.2 Å². The fourth-order valence-electron chi connectivity index (χ4n) is 2.79. The molecule has 2 heterocycles. The van der Waals surface area contributed by atoms with Crippen molar-refractivity contribution in [1.82, 2.24) is 4.98 Å². The first-order chi connectivity index (χ1) is 14.8. The highest BCUT2D eigenvalue weighted by molar-refractivity contribution is 7.94. The molecular weight excluding hydrogens is 474 g/mol. The molecule has 0 spiro atoms. The monoisotopic (exact) mass is 489 g/mol. The third kappa shape index (κ3) is 4.96. The van der Waals surface area contributed by atoms with E-state index in [1.54, 1.807) is 42.6 Å². The molecule has 4 rings (SSSR count). The van der Waals surface area contributed by atoms with E-state index >= 15 is 0 Å². The molecule has 2 N–H and O–H groups in total. The van der Waals surface area contributed by atoms with Crippen LogP contribution in [0.1, 0.15) is 20.8 Å². The molecule has 2 aromatic carbocycles. The molecule has 0 atom stereocenters. The van der Waals surface area contributed by atoms with E-state index in [2.05, 4.69) is 15.0 Å². The number of ketones is 1. The van der Waals surface area contributed by atoms with Crippen molar-refractivity contribution in [2.24, 2.45) is 0 Å². The van der Waals surface area contributed by atoms with Gasteiger partial charge in [-0.1, -0.05) is 47.2 Å². The summed E-state index contributed by atoms with van der Waals surface area (Å²) in [6.45, 7) is 1.90. The zero-order valence-corrected chi connectivity index (χ0v) is 19.3. The Labute approximate surface area is 192 Å². The molecule has 10 heteroatoms. The average molecular weight is 490 g/mol. The standard InChI is InChI=1S/C21H16ClN3O3S3/c1-13-4-2-3-5-16(13)20(26)17-12-23-21(29-17)24-14-6-8-15(9-7-14)25-31(27,28)19-11-10-18(22)30-19/h2-12,25H,1H3,(H,23,24). The van der Waals surface area contributed by atoms with Gasteiger partial charge in [-0.2, -0.15) is 0 Å². The Bertz CT molecular complexity index is 1350. The molecule has 2 aromatic heterocycles. The summed E-state index contributed by atoms with van der Waals surface area (Å²) < 4.78 is 27.8. The lowest BCUT2D eigenvalue weighted by atomic mass is 10.0. The van der Waals surface area contributed by atoms with Crippen LogP contribution in [0.2, 0.25) is 4.34 Å².